The maximum atomic E-state index is 12.8. The quantitative estimate of drug-likeness (QED) is 0.750. The van der Waals surface area contributed by atoms with Crippen molar-refractivity contribution in [2.45, 2.75) is 19.8 Å². The molecule has 2 rings (SSSR count). The monoisotopic (exact) mass is 334 g/mol. The average Bonchev–Trinajstić information content (AvgIpc) is 2.50. The zero-order valence-corrected chi connectivity index (χ0v) is 13.4. The molecule has 120 valence electrons. The second kappa shape index (κ2) is 7.88. The van der Waals surface area contributed by atoms with Crippen molar-refractivity contribution in [1.29, 1.82) is 0 Å². The molecule has 0 spiro atoms. The molecule has 0 heterocycles. The number of ketones is 1. The lowest BCUT2D eigenvalue weighted by atomic mass is 10.0. The van der Waals surface area contributed by atoms with Gasteiger partial charge in [-0.15, -0.1) is 0 Å². The lowest BCUT2D eigenvalue weighted by Gasteiger charge is -2.07. The van der Waals surface area contributed by atoms with Gasteiger partial charge < -0.3 is 4.74 Å². The van der Waals surface area contributed by atoms with E-state index in [-0.39, 0.29) is 41.6 Å². The molecule has 0 saturated carbocycles. The molecule has 2 aromatic carbocycles. The predicted molar refractivity (Wildman–Crippen MR) is 86.2 cm³/mol. The van der Waals surface area contributed by atoms with E-state index in [1.807, 2.05) is 0 Å². The summed E-state index contributed by atoms with van der Waals surface area (Å²) >= 11 is 6.07. The number of carbonyl (C=O) groups is 2. The molecule has 0 atom stereocenters. The summed E-state index contributed by atoms with van der Waals surface area (Å²) in [5.74, 6) is -0.833. The van der Waals surface area contributed by atoms with Crippen LogP contribution in [0.1, 0.15) is 28.4 Å². The van der Waals surface area contributed by atoms with Gasteiger partial charge in [-0.3, -0.25) is 4.79 Å². The second-order valence-corrected chi connectivity index (χ2v) is 5.46. The van der Waals surface area contributed by atoms with Gasteiger partial charge >= 0.3 is 5.97 Å². The third-order valence-electron chi connectivity index (χ3n) is 3.24. The van der Waals surface area contributed by atoms with E-state index < -0.39 is 5.97 Å². The predicted octanol–water partition coefficient (Wildman–Crippen LogP) is 4.01. The van der Waals surface area contributed by atoms with E-state index in [1.54, 1.807) is 37.3 Å². The Balaban J connectivity index is 2.02. The first-order valence-electron chi connectivity index (χ1n) is 7.21. The van der Waals surface area contributed by atoms with E-state index in [9.17, 15) is 14.0 Å². The lowest BCUT2D eigenvalue weighted by molar-refractivity contribution is -0.117. The maximum Gasteiger partial charge on any atom is 0.339 e. The molecular formula is C18H16ClFO3. The third kappa shape index (κ3) is 4.89. The van der Waals surface area contributed by atoms with E-state index in [0.29, 0.717) is 0 Å². The number of rotatable bonds is 6. The Morgan fingerprint density at radius 2 is 1.65 bits per heavy atom. The van der Waals surface area contributed by atoms with Gasteiger partial charge in [0.25, 0.3) is 0 Å². The topological polar surface area (TPSA) is 43.4 Å². The molecule has 2 aromatic rings. The van der Waals surface area contributed by atoms with Crippen LogP contribution in [0.5, 0.6) is 0 Å². The number of hydrogen-bond acceptors (Lipinski definition) is 3. The summed E-state index contributed by atoms with van der Waals surface area (Å²) < 4.78 is 17.7. The van der Waals surface area contributed by atoms with Crippen LogP contribution in [0.15, 0.2) is 42.5 Å². The van der Waals surface area contributed by atoms with Gasteiger partial charge in [0.2, 0.25) is 0 Å². The fourth-order valence-electron chi connectivity index (χ4n) is 2.16. The minimum absolute atomic E-state index is 0.0171. The minimum atomic E-state index is -0.485. The average molecular weight is 335 g/mol. The normalized spacial score (nSPS) is 10.4. The molecular weight excluding hydrogens is 319 g/mol. The Labute approximate surface area is 139 Å². The Bertz CT molecular complexity index is 711. The number of halogens is 2. The summed E-state index contributed by atoms with van der Waals surface area (Å²) in [5, 5.41) is 0.260. The van der Waals surface area contributed by atoms with Gasteiger partial charge in [0.05, 0.1) is 17.2 Å². The van der Waals surface area contributed by atoms with Crippen LogP contribution in [-0.2, 0) is 22.4 Å². The van der Waals surface area contributed by atoms with Crippen molar-refractivity contribution in [2.75, 3.05) is 6.61 Å². The first kappa shape index (κ1) is 17.2. The molecule has 0 saturated heterocycles. The van der Waals surface area contributed by atoms with Crippen molar-refractivity contribution in [2.24, 2.45) is 0 Å². The highest BCUT2D eigenvalue weighted by Gasteiger charge is 2.13. The molecule has 0 aliphatic rings. The van der Waals surface area contributed by atoms with Crippen LogP contribution in [0.2, 0.25) is 5.02 Å². The van der Waals surface area contributed by atoms with Gasteiger partial charge in [-0.05, 0) is 42.3 Å². The Morgan fingerprint density at radius 3 is 2.26 bits per heavy atom. The van der Waals surface area contributed by atoms with E-state index >= 15 is 0 Å². The minimum Gasteiger partial charge on any atom is -0.462 e. The number of benzene rings is 2. The van der Waals surface area contributed by atoms with Gasteiger partial charge in [-0.25, -0.2) is 9.18 Å². The van der Waals surface area contributed by atoms with Gasteiger partial charge in [0, 0.05) is 12.8 Å². The molecule has 23 heavy (non-hydrogen) atoms. The molecule has 5 heteroatoms. The van der Waals surface area contributed by atoms with Crippen LogP contribution in [0.25, 0.3) is 0 Å². The van der Waals surface area contributed by atoms with Crippen LogP contribution in [0, 0.1) is 5.82 Å². The van der Waals surface area contributed by atoms with Crippen molar-refractivity contribution in [3.05, 3.63) is 70.0 Å². The molecule has 0 bridgehead atoms. The summed E-state index contributed by atoms with van der Waals surface area (Å²) in [7, 11) is 0. The van der Waals surface area contributed by atoms with E-state index in [2.05, 4.69) is 0 Å². The molecule has 0 radical (unpaired) electrons. The fourth-order valence-corrected chi connectivity index (χ4v) is 2.44. The smallest absolute Gasteiger partial charge is 0.339 e. The van der Waals surface area contributed by atoms with E-state index in [1.165, 1.54) is 12.1 Å². The molecule has 0 aliphatic carbocycles. The maximum absolute atomic E-state index is 12.8. The first-order chi connectivity index (χ1) is 11.0. The molecule has 0 N–H and O–H groups in total. The molecule has 3 nitrogen and oxygen atoms in total. The number of carbonyl (C=O) groups excluding carboxylic acids is 2. The van der Waals surface area contributed by atoms with Crippen LogP contribution in [-0.4, -0.2) is 18.4 Å². The second-order valence-electron chi connectivity index (χ2n) is 5.05. The molecule has 0 unspecified atom stereocenters. The van der Waals surface area contributed by atoms with Crippen molar-refractivity contribution >= 4 is 23.4 Å². The largest absolute Gasteiger partial charge is 0.462 e. The van der Waals surface area contributed by atoms with Crippen LogP contribution in [0.3, 0.4) is 0 Å². The number of ether oxygens (including phenoxy) is 1. The van der Waals surface area contributed by atoms with Gasteiger partial charge in [0.15, 0.2) is 0 Å². The summed E-state index contributed by atoms with van der Waals surface area (Å²) in [6, 6.07) is 10.7. The van der Waals surface area contributed by atoms with Crippen LogP contribution >= 0.6 is 11.6 Å². The van der Waals surface area contributed by atoms with E-state index in [4.69, 9.17) is 16.3 Å². The van der Waals surface area contributed by atoms with Gasteiger partial charge in [-0.1, -0.05) is 29.8 Å². The highest BCUT2D eigenvalue weighted by molar-refractivity contribution is 6.33. The number of hydrogen-bond donors (Lipinski definition) is 0. The Kier molecular flexibility index (Phi) is 5.88. The highest BCUT2D eigenvalue weighted by Crippen LogP contribution is 2.20. The lowest BCUT2D eigenvalue weighted by Crippen LogP contribution is -2.08. The fraction of sp³-hybridized carbons (Fsp3) is 0.222. The third-order valence-corrected chi connectivity index (χ3v) is 3.56. The zero-order chi connectivity index (χ0) is 16.8. The summed E-state index contributed by atoms with van der Waals surface area (Å²) in [5.41, 5.74) is 1.75. The van der Waals surface area contributed by atoms with Crippen molar-refractivity contribution in [3.8, 4) is 0 Å². The van der Waals surface area contributed by atoms with E-state index in [0.717, 1.165) is 11.1 Å². The Morgan fingerprint density at radius 1 is 1.04 bits per heavy atom. The zero-order valence-electron chi connectivity index (χ0n) is 12.6. The number of Topliss-reactive ketones (excluding diaryl/α,β-unsaturated/α-hetero) is 1. The van der Waals surface area contributed by atoms with Crippen LogP contribution < -0.4 is 0 Å². The molecule has 0 amide bonds. The van der Waals surface area contributed by atoms with Crippen molar-refractivity contribution < 1.29 is 18.7 Å². The molecule has 0 fully saturated rings. The number of esters is 1. The summed E-state index contributed by atoms with van der Waals surface area (Å²) in [6.07, 6.45) is 0.414. The summed E-state index contributed by atoms with van der Waals surface area (Å²) in [4.78, 5) is 23.7. The van der Waals surface area contributed by atoms with Crippen molar-refractivity contribution in [1.82, 2.24) is 0 Å². The summed E-state index contributed by atoms with van der Waals surface area (Å²) in [6.45, 7) is 1.99. The highest BCUT2D eigenvalue weighted by atomic mass is 35.5. The van der Waals surface area contributed by atoms with Crippen LogP contribution in [0.4, 0.5) is 4.39 Å². The van der Waals surface area contributed by atoms with Gasteiger partial charge in [-0.2, -0.15) is 0 Å². The van der Waals surface area contributed by atoms with Gasteiger partial charge in [0.1, 0.15) is 11.6 Å². The van der Waals surface area contributed by atoms with Crippen molar-refractivity contribution in [3.63, 3.8) is 0 Å². The SMILES string of the molecule is CCOC(=O)c1ccc(CC(=O)Cc2ccc(F)cc2)cc1Cl. The molecule has 0 aliphatic heterocycles. The molecule has 0 aromatic heterocycles. The standard InChI is InChI=1S/C18H16ClFO3/c1-2-23-18(22)16-8-5-13(11-17(16)19)10-15(21)9-12-3-6-14(20)7-4-12/h3-8,11H,2,9-10H2,1H3. The first-order valence-corrected chi connectivity index (χ1v) is 7.59. The Hall–Kier alpha value is -2.20.